The summed E-state index contributed by atoms with van der Waals surface area (Å²) in [5, 5.41) is 9.33. The molecule has 190 valence electrons. The van der Waals surface area contributed by atoms with E-state index in [0.29, 0.717) is 12.1 Å². The molecule has 0 spiro atoms. The van der Waals surface area contributed by atoms with Gasteiger partial charge >= 0.3 is 18.4 Å². The first-order valence-corrected chi connectivity index (χ1v) is 10.1. The van der Waals surface area contributed by atoms with Crippen molar-refractivity contribution in [3.63, 3.8) is 0 Å². The molecule has 0 aliphatic carbocycles. The molecule has 13 heteroatoms. The Hall–Kier alpha value is -3.38. The molecule has 0 saturated carbocycles. The Bertz CT molecular complexity index is 1100. The normalized spacial score (nSPS) is 18.9. The number of carboxylic acid groups (broad SMARTS) is 1. The topological polar surface area (TPSA) is 60.9 Å². The molecule has 35 heavy (non-hydrogen) atoms. The van der Waals surface area contributed by atoms with Crippen LogP contribution in [-0.2, 0) is 12.4 Å². The number of carbonyl (C=O) groups excluding carboxylic acids is 1. The average molecular weight is 510 g/mol. The van der Waals surface area contributed by atoms with E-state index in [4.69, 9.17) is 0 Å². The van der Waals surface area contributed by atoms with Crippen LogP contribution in [-0.4, -0.2) is 53.1 Å². The zero-order valence-corrected chi connectivity index (χ0v) is 17.9. The number of hydrogen-bond donors (Lipinski definition) is 1. The van der Waals surface area contributed by atoms with E-state index in [1.165, 1.54) is 6.07 Å². The van der Waals surface area contributed by atoms with Gasteiger partial charge in [0.2, 0.25) is 0 Å². The Morgan fingerprint density at radius 2 is 1.51 bits per heavy atom. The van der Waals surface area contributed by atoms with Crippen LogP contribution in [0.5, 0.6) is 0 Å². The lowest BCUT2D eigenvalue weighted by Crippen LogP contribution is -2.51. The fourth-order valence-electron chi connectivity index (χ4n) is 4.08. The molecule has 0 radical (unpaired) electrons. The van der Waals surface area contributed by atoms with E-state index >= 15 is 0 Å². The maximum atomic E-state index is 13.9. The number of hydrogen-bond acceptors (Lipinski definition) is 2. The van der Waals surface area contributed by atoms with Gasteiger partial charge in [0, 0.05) is 37.7 Å². The van der Waals surface area contributed by atoms with Gasteiger partial charge in [0.05, 0.1) is 11.1 Å². The van der Waals surface area contributed by atoms with Crippen LogP contribution in [0.25, 0.3) is 0 Å². The van der Waals surface area contributed by atoms with Crippen molar-refractivity contribution in [2.75, 3.05) is 20.1 Å². The summed E-state index contributed by atoms with van der Waals surface area (Å²) < 4.78 is 107. The summed E-state index contributed by atoms with van der Waals surface area (Å²) >= 11 is 0. The van der Waals surface area contributed by atoms with Crippen LogP contribution in [0.15, 0.2) is 36.4 Å². The highest BCUT2D eigenvalue weighted by molar-refractivity contribution is 5.95. The summed E-state index contributed by atoms with van der Waals surface area (Å²) in [4.78, 5) is 26.4. The lowest BCUT2D eigenvalue weighted by atomic mass is 9.84. The smallest absolute Gasteiger partial charge is 0.416 e. The van der Waals surface area contributed by atoms with Gasteiger partial charge in [-0.15, -0.1) is 0 Å². The largest absolute Gasteiger partial charge is 0.465 e. The molecule has 1 N–H and O–H groups in total. The van der Waals surface area contributed by atoms with E-state index in [9.17, 15) is 49.8 Å². The van der Waals surface area contributed by atoms with Crippen molar-refractivity contribution >= 4 is 12.0 Å². The van der Waals surface area contributed by atoms with Gasteiger partial charge in [0.25, 0.3) is 5.91 Å². The molecule has 2 aromatic rings. The molecule has 5 nitrogen and oxygen atoms in total. The molecular weight excluding hydrogens is 492 g/mol. The zero-order chi connectivity index (χ0) is 26.3. The minimum Gasteiger partial charge on any atom is -0.465 e. The standard InChI is InChI=1S/C22H18F8N2O3/c1-31(19(33)12-6-13(21(25,26)27)9-14(7-12)22(28,29)30)18-4-5-32(20(34)35)10-15(18)11-2-3-16(23)17(24)8-11/h2-3,6-9,15,18H,4-5,10H2,1H3,(H,34,35). The molecule has 2 aromatic carbocycles. The van der Waals surface area contributed by atoms with Gasteiger partial charge in [0.1, 0.15) is 0 Å². The van der Waals surface area contributed by atoms with Crippen LogP contribution in [0, 0.1) is 11.6 Å². The third kappa shape index (κ3) is 5.65. The SMILES string of the molecule is CN(C(=O)c1cc(C(F)(F)F)cc(C(F)(F)F)c1)C1CCN(C(=O)O)CC1c1ccc(F)c(F)c1. The fraction of sp³-hybridized carbons (Fsp3) is 0.364. The summed E-state index contributed by atoms with van der Waals surface area (Å²) in [6, 6.07) is 2.33. The van der Waals surface area contributed by atoms with Gasteiger partial charge in [0.15, 0.2) is 11.6 Å². The molecule has 1 aliphatic rings. The van der Waals surface area contributed by atoms with Crippen molar-refractivity contribution in [2.45, 2.75) is 30.7 Å². The number of alkyl halides is 6. The summed E-state index contributed by atoms with van der Waals surface area (Å²) in [6.45, 7) is -0.368. The molecule has 2 unspecified atom stereocenters. The predicted molar refractivity (Wildman–Crippen MR) is 106 cm³/mol. The molecule has 1 fully saturated rings. The Kier molecular flexibility index (Phi) is 7.00. The van der Waals surface area contributed by atoms with Gasteiger partial charge in [-0.3, -0.25) is 4.79 Å². The first kappa shape index (κ1) is 26.2. The Labute approximate surface area is 193 Å². The minimum atomic E-state index is -5.16. The second-order valence-corrected chi connectivity index (χ2v) is 8.08. The van der Waals surface area contributed by atoms with Gasteiger partial charge in [-0.05, 0) is 42.3 Å². The van der Waals surface area contributed by atoms with Crippen LogP contribution < -0.4 is 0 Å². The van der Waals surface area contributed by atoms with Crippen LogP contribution >= 0.6 is 0 Å². The number of amides is 2. The van der Waals surface area contributed by atoms with E-state index in [-0.39, 0.29) is 31.1 Å². The van der Waals surface area contributed by atoms with Crippen LogP contribution in [0.2, 0.25) is 0 Å². The Morgan fingerprint density at radius 3 is 2.00 bits per heavy atom. The molecule has 0 bridgehead atoms. The summed E-state index contributed by atoms with van der Waals surface area (Å²) in [5.74, 6) is -4.53. The zero-order valence-electron chi connectivity index (χ0n) is 17.9. The van der Waals surface area contributed by atoms with Crippen LogP contribution in [0.1, 0.15) is 39.4 Å². The predicted octanol–water partition coefficient (Wildman–Crippen LogP) is 5.61. The summed E-state index contributed by atoms with van der Waals surface area (Å²) in [6.07, 6.45) is -11.7. The molecule has 2 atom stereocenters. The van der Waals surface area contributed by atoms with E-state index in [1.807, 2.05) is 0 Å². The van der Waals surface area contributed by atoms with Crippen molar-refractivity contribution in [3.8, 4) is 0 Å². The Morgan fingerprint density at radius 1 is 0.943 bits per heavy atom. The quantitative estimate of drug-likeness (QED) is 0.547. The number of piperidine rings is 1. The average Bonchev–Trinajstić information content (AvgIpc) is 2.78. The number of nitrogens with zero attached hydrogens (tertiary/aromatic N) is 2. The van der Waals surface area contributed by atoms with Crippen LogP contribution in [0.4, 0.5) is 39.9 Å². The number of likely N-dealkylation sites (tertiary alicyclic amines) is 1. The summed E-state index contributed by atoms with van der Waals surface area (Å²) in [7, 11) is 1.14. The highest BCUT2D eigenvalue weighted by Crippen LogP contribution is 2.37. The molecule has 1 saturated heterocycles. The van der Waals surface area contributed by atoms with Crippen molar-refractivity contribution in [3.05, 3.63) is 70.3 Å². The second kappa shape index (κ2) is 9.34. The molecule has 0 aromatic heterocycles. The molecule has 3 rings (SSSR count). The molecular formula is C22H18F8N2O3. The fourth-order valence-corrected chi connectivity index (χ4v) is 4.08. The monoisotopic (exact) mass is 510 g/mol. The number of likely N-dealkylation sites (N-methyl/N-ethyl adjacent to an activating group) is 1. The van der Waals surface area contributed by atoms with E-state index < -0.39 is 64.6 Å². The minimum absolute atomic E-state index is 0.0523. The van der Waals surface area contributed by atoms with E-state index in [1.54, 1.807) is 0 Å². The Balaban J connectivity index is 2.02. The number of carbonyl (C=O) groups is 2. The first-order chi connectivity index (χ1) is 16.1. The summed E-state index contributed by atoms with van der Waals surface area (Å²) in [5.41, 5.74) is -4.09. The molecule has 1 heterocycles. The maximum absolute atomic E-state index is 13.9. The lowest BCUT2D eigenvalue weighted by Gasteiger charge is -2.42. The third-order valence-electron chi connectivity index (χ3n) is 5.87. The molecule has 2 amide bonds. The first-order valence-electron chi connectivity index (χ1n) is 10.1. The third-order valence-corrected chi connectivity index (χ3v) is 5.87. The number of rotatable bonds is 3. The van der Waals surface area contributed by atoms with Gasteiger partial charge < -0.3 is 14.9 Å². The van der Waals surface area contributed by atoms with E-state index in [0.717, 1.165) is 29.0 Å². The van der Waals surface area contributed by atoms with Crippen molar-refractivity contribution in [1.82, 2.24) is 9.80 Å². The maximum Gasteiger partial charge on any atom is 0.416 e. The van der Waals surface area contributed by atoms with Gasteiger partial charge in [-0.1, -0.05) is 6.07 Å². The lowest BCUT2D eigenvalue weighted by molar-refractivity contribution is -0.143. The molecule has 1 aliphatic heterocycles. The van der Waals surface area contributed by atoms with Crippen LogP contribution in [0.3, 0.4) is 0 Å². The van der Waals surface area contributed by atoms with Gasteiger partial charge in [-0.25, -0.2) is 13.6 Å². The number of halogens is 8. The highest BCUT2D eigenvalue weighted by Gasteiger charge is 2.40. The van der Waals surface area contributed by atoms with Crippen molar-refractivity contribution in [1.29, 1.82) is 0 Å². The highest BCUT2D eigenvalue weighted by atomic mass is 19.4. The van der Waals surface area contributed by atoms with E-state index in [2.05, 4.69) is 0 Å². The van der Waals surface area contributed by atoms with Gasteiger partial charge in [-0.2, -0.15) is 26.3 Å². The van der Waals surface area contributed by atoms with Crippen molar-refractivity contribution < 1.29 is 49.8 Å². The van der Waals surface area contributed by atoms with Crippen molar-refractivity contribution in [2.24, 2.45) is 0 Å². The number of benzene rings is 2. The second-order valence-electron chi connectivity index (χ2n) is 8.08.